The molecule has 0 saturated carbocycles. The molecule has 4 nitrogen and oxygen atoms in total. The monoisotopic (exact) mass is 216 g/mol. The zero-order chi connectivity index (χ0) is 11.7. The normalized spacial score (nSPS) is 12.5. The van der Waals surface area contributed by atoms with Crippen LogP contribution >= 0.6 is 0 Å². The fourth-order valence-electron chi connectivity index (χ4n) is 1.25. The number of carbonyl (C=O) groups is 1. The van der Waals surface area contributed by atoms with Crippen LogP contribution in [0.25, 0.3) is 0 Å². The Morgan fingerprint density at radius 2 is 2.13 bits per heavy atom. The van der Waals surface area contributed by atoms with E-state index >= 15 is 0 Å². The van der Waals surface area contributed by atoms with Crippen molar-refractivity contribution in [2.45, 2.75) is 27.2 Å². The van der Waals surface area contributed by atoms with E-state index in [0.29, 0.717) is 19.1 Å². The number of rotatable bonds is 8. The van der Waals surface area contributed by atoms with Gasteiger partial charge in [-0.1, -0.05) is 20.3 Å². The molecule has 2 N–H and O–H groups in total. The smallest absolute Gasteiger partial charge is 0.248 e. The van der Waals surface area contributed by atoms with E-state index < -0.39 is 0 Å². The lowest BCUT2D eigenvalue weighted by atomic mass is 10.1. The number of amides is 1. The molecule has 0 aromatic carbocycles. The van der Waals surface area contributed by atoms with Gasteiger partial charge in [-0.2, -0.15) is 0 Å². The highest BCUT2D eigenvalue weighted by Crippen LogP contribution is 2.04. The van der Waals surface area contributed by atoms with Crippen LogP contribution in [0.2, 0.25) is 0 Å². The van der Waals surface area contributed by atoms with Crippen molar-refractivity contribution >= 4 is 5.91 Å². The van der Waals surface area contributed by atoms with Crippen molar-refractivity contribution in [1.29, 1.82) is 0 Å². The van der Waals surface area contributed by atoms with E-state index in [-0.39, 0.29) is 12.5 Å². The van der Waals surface area contributed by atoms with Gasteiger partial charge in [-0.15, -0.1) is 0 Å². The molecular formula is C11H24N2O2. The first kappa shape index (κ1) is 14.4. The molecule has 0 saturated heterocycles. The van der Waals surface area contributed by atoms with E-state index in [1.807, 2.05) is 11.8 Å². The zero-order valence-electron chi connectivity index (χ0n) is 10.2. The van der Waals surface area contributed by atoms with E-state index in [1.54, 1.807) is 0 Å². The van der Waals surface area contributed by atoms with Crippen molar-refractivity contribution in [2.75, 3.05) is 32.8 Å². The van der Waals surface area contributed by atoms with E-state index in [9.17, 15) is 4.79 Å². The number of carbonyl (C=O) groups excluding carboxylic acids is 1. The minimum Gasteiger partial charge on any atom is -0.370 e. The van der Waals surface area contributed by atoms with Crippen LogP contribution in [0.3, 0.4) is 0 Å². The molecule has 90 valence electrons. The summed E-state index contributed by atoms with van der Waals surface area (Å²) in [5.41, 5.74) is 5.28. The standard InChI is InChI=1S/C11H24N2O2/c1-4-10(3)8-13(5-2)11(14)9-15-7-6-12/h10H,4-9,12H2,1-3H3. The van der Waals surface area contributed by atoms with Crippen LogP contribution in [0.5, 0.6) is 0 Å². The lowest BCUT2D eigenvalue weighted by Crippen LogP contribution is -2.37. The minimum atomic E-state index is 0.0613. The van der Waals surface area contributed by atoms with E-state index in [0.717, 1.165) is 19.5 Å². The van der Waals surface area contributed by atoms with Crippen molar-refractivity contribution in [2.24, 2.45) is 11.7 Å². The number of ether oxygens (including phenoxy) is 1. The molecule has 0 bridgehead atoms. The van der Waals surface area contributed by atoms with Gasteiger partial charge in [-0.25, -0.2) is 0 Å². The summed E-state index contributed by atoms with van der Waals surface area (Å²) in [4.78, 5) is 13.5. The first-order valence-electron chi connectivity index (χ1n) is 5.71. The number of hydrogen-bond donors (Lipinski definition) is 1. The quantitative estimate of drug-likeness (QED) is 0.612. The van der Waals surface area contributed by atoms with Gasteiger partial charge in [-0.3, -0.25) is 4.79 Å². The highest BCUT2D eigenvalue weighted by molar-refractivity contribution is 5.77. The van der Waals surface area contributed by atoms with Gasteiger partial charge >= 0.3 is 0 Å². The summed E-state index contributed by atoms with van der Waals surface area (Å²) in [6.45, 7) is 8.90. The van der Waals surface area contributed by atoms with Crippen molar-refractivity contribution in [3.8, 4) is 0 Å². The highest BCUT2D eigenvalue weighted by Gasteiger charge is 2.13. The average molecular weight is 216 g/mol. The van der Waals surface area contributed by atoms with Crippen LogP contribution in [0.15, 0.2) is 0 Å². The van der Waals surface area contributed by atoms with Gasteiger partial charge in [0.15, 0.2) is 0 Å². The summed E-state index contributed by atoms with van der Waals surface area (Å²) >= 11 is 0. The third-order valence-corrected chi connectivity index (χ3v) is 2.45. The zero-order valence-corrected chi connectivity index (χ0v) is 10.2. The molecule has 0 aliphatic rings. The van der Waals surface area contributed by atoms with Gasteiger partial charge < -0.3 is 15.4 Å². The second-order valence-corrected chi connectivity index (χ2v) is 3.79. The Kier molecular flexibility index (Phi) is 8.33. The third-order valence-electron chi connectivity index (χ3n) is 2.45. The Balaban J connectivity index is 3.88. The molecule has 0 heterocycles. The first-order chi connectivity index (χ1) is 7.15. The molecule has 0 radical (unpaired) electrons. The fourth-order valence-corrected chi connectivity index (χ4v) is 1.25. The predicted octanol–water partition coefficient (Wildman–Crippen LogP) is 0.856. The third kappa shape index (κ3) is 6.47. The molecule has 0 fully saturated rings. The van der Waals surface area contributed by atoms with Gasteiger partial charge in [-0.05, 0) is 12.8 Å². The Morgan fingerprint density at radius 1 is 1.47 bits per heavy atom. The van der Waals surface area contributed by atoms with Crippen molar-refractivity contribution in [1.82, 2.24) is 4.90 Å². The summed E-state index contributed by atoms with van der Waals surface area (Å²) in [6.07, 6.45) is 1.09. The van der Waals surface area contributed by atoms with Crippen LogP contribution in [0.4, 0.5) is 0 Å². The van der Waals surface area contributed by atoms with Gasteiger partial charge in [0.1, 0.15) is 6.61 Å². The Morgan fingerprint density at radius 3 is 2.60 bits per heavy atom. The average Bonchev–Trinajstić information content (AvgIpc) is 2.25. The fraction of sp³-hybridized carbons (Fsp3) is 0.909. The second kappa shape index (κ2) is 8.68. The summed E-state index contributed by atoms with van der Waals surface area (Å²) in [7, 11) is 0. The van der Waals surface area contributed by atoms with Crippen LogP contribution < -0.4 is 5.73 Å². The predicted molar refractivity (Wildman–Crippen MR) is 61.6 cm³/mol. The molecule has 4 heteroatoms. The van der Waals surface area contributed by atoms with Crippen molar-refractivity contribution in [3.63, 3.8) is 0 Å². The number of nitrogens with two attached hydrogens (primary N) is 1. The van der Waals surface area contributed by atoms with Gasteiger partial charge in [0.25, 0.3) is 0 Å². The van der Waals surface area contributed by atoms with Crippen LogP contribution in [-0.4, -0.2) is 43.7 Å². The molecule has 0 aliphatic heterocycles. The molecule has 0 aromatic rings. The number of likely N-dealkylation sites (N-methyl/N-ethyl adjacent to an activating group) is 1. The summed E-state index contributed by atoms with van der Waals surface area (Å²) in [6, 6.07) is 0. The Labute approximate surface area is 92.8 Å². The Hall–Kier alpha value is -0.610. The maximum Gasteiger partial charge on any atom is 0.248 e. The number of hydrogen-bond acceptors (Lipinski definition) is 3. The topological polar surface area (TPSA) is 55.6 Å². The lowest BCUT2D eigenvalue weighted by molar-refractivity contribution is -0.136. The largest absolute Gasteiger partial charge is 0.370 e. The van der Waals surface area contributed by atoms with Crippen LogP contribution in [0, 0.1) is 5.92 Å². The molecule has 15 heavy (non-hydrogen) atoms. The van der Waals surface area contributed by atoms with E-state index in [1.165, 1.54) is 0 Å². The van der Waals surface area contributed by atoms with Gasteiger partial charge in [0, 0.05) is 19.6 Å². The molecule has 0 aliphatic carbocycles. The van der Waals surface area contributed by atoms with Gasteiger partial charge in [0.05, 0.1) is 6.61 Å². The molecular weight excluding hydrogens is 192 g/mol. The second-order valence-electron chi connectivity index (χ2n) is 3.79. The van der Waals surface area contributed by atoms with Crippen molar-refractivity contribution in [3.05, 3.63) is 0 Å². The first-order valence-corrected chi connectivity index (χ1v) is 5.71. The molecule has 1 atom stereocenters. The van der Waals surface area contributed by atoms with Crippen LogP contribution in [0.1, 0.15) is 27.2 Å². The lowest BCUT2D eigenvalue weighted by Gasteiger charge is -2.23. The van der Waals surface area contributed by atoms with Crippen molar-refractivity contribution < 1.29 is 9.53 Å². The molecule has 1 amide bonds. The molecule has 0 rings (SSSR count). The summed E-state index contributed by atoms with van der Waals surface area (Å²) < 4.78 is 5.13. The summed E-state index contributed by atoms with van der Waals surface area (Å²) in [5.74, 6) is 0.606. The summed E-state index contributed by atoms with van der Waals surface area (Å²) in [5, 5.41) is 0. The molecule has 0 aromatic heterocycles. The number of nitrogens with zero attached hydrogens (tertiary/aromatic N) is 1. The van der Waals surface area contributed by atoms with Crippen LogP contribution in [-0.2, 0) is 9.53 Å². The van der Waals surface area contributed by atoms with E-state index in [4.69, 9.17) is 10.5 Å². The Bertz CT molecular complexity index is 174. The molecule has 0 spiro atoms. The van der Waals surface area contributed by atoms with Gasteiger partial charge in [0.2, 0.25) is 5.91 Å². The maximum atomic E-state index is 11.7. The highest BCUT2D eigenvalue weighted by atomic mass is 16.5. The minimum absolute atomic E-state index is 0.0613. The maximum absolute atomic E-state index is 11.7. The van der Waals surface area contributed by atoms with E-state index in [2.05, 4.69) is 13.8 Å². The SMILES string of the molecule is CCC(C)CN(CC)C(=O)COCCN. The molecule has 1 unspecified atom stereocenters.